The molecule has 2 aromatic rings. The van der Waals surface area contributed by atoms with E-state index in [-0.39, 0.29) is 0 Å². The molecule has 20 heavy (non-hydrogen) atoms. The minimum atomic E-state index is 0.538. The molecule has 0 heterocycles. The molecule has 0 atom stereocenters. The average molecular weight is 265 g/mol. The van der Waals surface area contributed by atoms with Crippen LogP contribution in [0.2, 0.25) is 0 Å². The van der Waals surface area contributed by atoms with E-state index in [0.29, 0.717) is 6.04 Å². The molecule has 0 aliphatic rings. The molecule has 2 rings (SSSR count). The Hall–Kier alpha value is -1.86. The zero-order valence-corrected chi connectivity index (χ0v) is 12.4. The van der Waals surface area contributed by atoms with Crippen LogP contribution in [0.5, 0.6) is 0 Å². The number of rotatable bonds is 6. The highest BCUT2D eigenvalue weighted by atomic mass is 15.1. The van der Waals surface area contributed by atoms with Crippen LogP contribution >= 0.6 is 0 Å². The fraction of sp³-hybridized carbons (Fsp3) is 0.263. The van der Waals surface area contributed by atoms with Gasteiger partial charge < -0.3 is 0 Å². The zero-order chi connectivity index (χ0) is 14.2. The molecular formula is C19H23N. The molecule has 2 aromatic carbocycles. The molecule has 0 unspecified atom stereocenters. The minimum Gasteiger partial charge on any atom is -0.293 e. The first kappa shape index (κ1) is 14.5. The van der Waals surface area contributed by atoms with Crippen LogP contribution in [-0.2, 0) is 6.54 Å². The third-order valence-electron chi connectivity index (χ3n) is 3.41. The van der Waals surface area contributed by atoms with E-state index in [2.05, 4.69) is 85.5 Å². The standard InChI is InChI=1S/C19H23N/c1-17(2)20(16-19-12-7-4-8-13-19)15-9-14-18-10-5-3-6-11-18/h3-14,17H,15-16H2,1-2H3/b14-9+. The second-order valence-corrected chi connectivity index (χ2v) is 5.32. The van der Waals surface area contributed by atoms with Gasteiger partial charge in [0.05, 0.1) is 0 Å². The van der Waals surface area contributed by atoms with Crippen LogP contribution < -0.4 is 0 Å². The smallest absolute Gasteiger partial charge is 0.0239 e. The van der Waals surface area contributed by atoms with Crippen molar-refractivity contribution in [3.8, 4) is 0 Å². The lowest BCUT2D eigenvalue weighted by Gasteiger charge is -2.25. The van der Waals surface area contributed by atoms with Crippen molar-refractivity contribution in [2.75, 3.05) is 6.54 Å². The van der Waals surface area contributed by atoms with Crippen LogP contribution in [0.25, 0.3) is 6.08 Å². The van der Waals surface area contributed by atoms with Crippen molar-refractivity contribution < 1.29 is 0 Å². The van der Waals surface area contributed by atoms with Crippen molar-refractivity contribution in [2.24, 2.45) is 0 Å². The van der Waals surface area contributed by atoms with Crippen molar-refractivity contribution in [2.45, 2.75) is 26.4 Å². The van der Waals surface area contributed by atoms with Gasteiger partial charge >= 0.3 is 0 Å². The predicted molar refractivity (Wildman–Crippen MR) is 87.5 cm³/mol. The Bertz CT molecular complexity index is 514. The van der Waals surface area contributed by atoms with Crippen molar-refractivity contribution in [1.29, 1.82) is 0 Å². The van der Waals surface area contributed by atoms with Crippen LogP contribution in [0.3, 0.4) is 0 Å². The Morgan fingerprint density at radius 3 is 2.10 bits per heavy atom. The molecule has 0 radical (unpaired) electrons. The molecular weight excluding hydrogens is 242 g/mol. The third kappa shape index (κ3) is 4.67. The average Bonchev–Trinajstić information content (AvgIpc) is 2.48. The fourth-order valence-corrected chi connectivity index (χ4v) is 2.16. The molecule has 0 saturated heterocycles. The highest BCUT2D eigenvalue weighted by Gasteiger charge is 2.07. The van der Waals surface area contributed by atoms with Gasteiger partial charge in [-0.15, -0.1) is 0 Å². The van der Waals surface area contributed by atoms with E-state index in [1.165, 1.54) is 11.1 Å². The lowest BCUT2D eigenvalue weighted by molar-refractivity contribution is 0.237. The molecule has 0 bridgehead atoms. The summed E-state index contributed by atoms with van der Waals surface area (Å²) in [5.74, 6) is 0. The van der Waals surface area contributed by atoms with Gasteiger partial charge in [0.25, 0.3) is 0 Å². The van der Waals surface area contributed by atoms with Crippen LogP contribution in [0.15, 0.2) is 66.7 Å². The second-order valence-electron chi connectivity index (χ2n) is 5.32. The molecule has 1 nitrogen and oxygen atoms in total. The SMILES string of the molecule is CC(C)N(C/C=C/c1ccccc1)Cc1ccccc1. The summed E-state index contributed by atoms with van der Waals surface area (Å²) in [5.41, 5.74) is 2.63. The molecule has 0 aromatic heterocycles. The van der Waals surface area contributed by atoms with E-state index >= 15 is 0 Å². The topological polar surface area (TPSA) is 3.24 Å². The van der Waals surface area contributed by atoms with E-state index in [9.17, 15) is 0 Å². The summed E-state index contributed by atoms with van der Waals surface area (Å²) in [6.07, 6.45) is 4.44. The van der Waals surface area contributed by atoms with Crippen molar-refractivity contribution >= 4 is 6.08 Å². The largest absolute Gasteiger partial charge is 0.293 e. The van der Waals surface area contributed by atoms with Crippen molar-refractivity contribution in [3.63, 3.8) is 0 Å². The summed E-state index contributed by atoms with van der Waals surface area (Å²) in [5, 5.41) is 0. The van der Waals surface area contributed by atoms with E-state index in [1.807, 2.05) is 6.07 Å². The quantitative estimate of drug-likeness (QED) is 0.737. The first-order valence-electron chi connectivity index (χ1n) is 7.25. The zero-order valence-electron chi connectivity index (χ0n) is 12.4. The molecule has 0 saturated carbocycles. The monoisotopic (exact) mass is 265 g/mol. The van der Waals surface area contributed by atoms with Crippen LogP contribution in [-0.4, -0.2) is 17.5 Å². The Balaban J connectivity index is 1.95. The molecule has 0 N–H and O–H groups in total. The van der Waals surface area contributed by atoms with Gasteiger partial charge in [0.2, 0.25) is 0 Å². The number of hydrogen-bond acceptors (Lipinski definition) is 1. The van der Waals surface area contributed by atoms with Gasteiger partial charge in [-0.05, 0) is 25.0 Å². The van der Waals surface area contributed by atoms with Crippen LogP contribution in [0.1, 0.15) is 25.0 Å². The lowest BCUT2D eigenvalue weighted by atomic mass is 10.1. The van der Waals surface area contributed by atoms with Gasteiger partial charge in [0, 0.05) is 19.1 Å². The van der Waals surface area contributed by atoms with Gasteiger partial charge in [0.1, 0.15) is 0 Å². The van der Waals surface area contributed by atoms with Gasteiger partial charge in [-0.3, -0.25) is 4.90 Å². The van der Waals surface area contributed by atoms with Gasteiger partial charge in [-0.1, -0.05) is 72.8 Å². The lowest BCUT2D eigenvalue weighted by Crippen LogP contribution is -2.30. The molecule has 1 heteroatoms. The summed E-state index contributed by atoms with van der Waals surface area (Å²) in [4.78, 5) is 2.47. The van der Waals surface area contributed by atoms with Crippen LogP contribution in [0.4, 0.5) is 0 Å². The van der Waals surface area contributed by atoms with Crippen molar-refractivity contribution in [1.82, 2.24) is 4.90 Å². The Kier molecular flexibility index (Phi) is 5.57. The van der Waals surface area contributed by atoms with E-state index in [0.717, 1.165) is 13.1 Å². The summed E-state index contributed by atoms with van der Waals surface area (Å²) in [6, 6.07) is 21.7. The normalized spacial score (nSPS) is 11.6. The van der Waals surface area contributed by atoms with Gasteiger partial charge in [-0.2, -0.15) is 0 Å². The maximum Gasteiger partial charge on any atom is 0.0239 e. The molecule has 104 valence electrons. The Labute approximate surface area is 122 Å². The number of nitrogens with zero attached hydrogens (tertiary/aromatic N) is 1. The Morgan fingerprint density at radius 1 is 0.900 bits per heavy atom. The highest BCUT2D eigenvalue weighted by molar-refractivity contribution is 5.48. The first-order chi connectivity index (χ1) is 9.75. The third-order valence-corrected chi connectivity index (χ3v) is 3.41. The van der Waals surface area contributed by atoms with E-state index in [4.69, 9.17) is 0 Å². The molecule has 0 spiro atoms. The molecule has 0 fully saturated rings. The molecule has 0 aliphatic heterocycles. The first-order valence-corrected chi connectivity index (χ1v) is 7.25. The second kappa shape index (κ2) is 7.66. The number of benzene rings is 2. The number of hydrogen-bond donors (Lipinski definition) is 0. The molecule has 0 aliphatic carbocycles. The van der Waals surface area contributed by atoms with Crippen molar-refractivity contribution in [3.05, 3.63) is 77.9 Å². The fourth-order valence-electron chi connectivity index (χ4n) is 2.16. The Morgan fingerprint density at radius 2 is 1.50 bits per heavy atom. The van der Waals surface area contributed by atoms with Crippen LogP contribution in [0, 0.1) is 0 Å². The summed E-state index contributed by atoms with van der Waals surface area (Å²) >= 11 is 0. The van der Waals surface area contributed by atoms with Gasteiger partial charge in [0.15, 0.2) is 0 Å². The predicted octanol–water partition coefficient (Wildman–Crippen LogP) is 4.61. The maximum absolute atomic E-state index is 2.47. The summed E-state index contributed by atoms with van der Waals surface area (Å²) < 4.78 is 0. The minimum absolute atomic E-state index is 0.538. The van der Waals surface area contributed by atoms with E-state index < -0.39 is 0 Å². The highest BCUT2D eigenvalue weighted by Crippen LogP contribution is 2.09. The summed E-state index contributed by atoms with van der Waals surface area (Å²) in [7, 11) is 0. The van der Waals surface area contributed by atoms with E-state index in [1.54, 1.807) is 0 Å². The van der Waals surface area contributed by atoms with Gasteiger partial charge in [-0.25, -0.2) is 0 Å². The maximum atomic E-state index is 2.47. The molecule has 0 amide bonds. The summed E-state index contributed by atoms with van der Waals surface area (Å²) in [6.45, 7) is 6.47.